The Morgan fingerprint density at radius 2 is 0.700 bits per heavy atom. The van der Waals surface area contributed by atoms with Gasteiger partial charge in [0.2, 0.25) is 0 Å². The summed E-state index contributed by atoms with van der Waals surface area (Å²) in [5.74, 6) is 0. The van der Waals surface area contributed by atoms with Crippen molar-refractivity contribution in [1.29, 1.82) is 0 Å². The zero-order valence-corrected chi connectivity index (χ0v) is 34.1. The minimum absolute atomic E-state index is 0.0957. The maximum absolute atomic E-state index is 2.44. The zero-order chi connectivity index (χ0) is 40.2. The smallest absolute Gasteiger partial charge is 0.0465 e. The van der Waals surface area contributed by atoms with Gasteiger partial charge in [-0.1, -0.05) is 190 Å². The van der Waals surface area contributed by atoms with Gasteiger partial charge in [0.1, 0.15) is 0 Å². The first-order valence-electron chi connectivity index (χ1n) is 21.2. The molecule has 0 fully saturated rings. The molecule has 2 aliphatic rings. The van der Waals surface area contributed by atoms with Crippen LogP contribution < -0.4 is 4.90 Å². The summed E-state index contributed by atoms with van der Waals surface area (Å²) in [5, 5.41) is 0. The standard InChI is InChI=1S/C59H45N/c1-59(2)57-23-13-12-22-55(57)56-35-33-50(39-58(56)59)60(48-29-24-41(25-30-48)40-14-4-3-5-15-40)49-31-26-42(27-32-49)43-28-34-54-47(36-43)38-46-18-8-10-20-52(46)51-19-9-6-16-44(51)37-45-17-7-11-21-53(45)54/h3-36,39H,37-38H2,1-2H3. The molecule has 0 N–H and O–H groups in total. The quantitative estimate of drug-likeness (QED) is 0.169. The molecule has 1 heteroatoms. The second-order valence-corrected chi connectivity index (χ2v) is 16.9. The first kappa shape index (κ1) is 35.9. The minimum Gasteiger partial charge on any atom is -0.310 e. The third kappa shape index (κ3) is 6.17. The van der Waals surface area contributed by atoms with E-state index in [0.717, 1.165) is 29.9 Å². The van der Waals surface area contributed by atoms with Crippen molar-refractivity contribution >= 4 is 17.1 Å². The van der Waals surface area contributed by atoms with Crippen molar-refractivity contribution in [2.45, 2.75) is 32.1 Å². The second kappa shape index (κ2) is 14.6. The number of hydrogen-bond acceptors (Lipinski definition) is 1. The van der Waals surface area contributed by atoms with Gasteiger partial charge >= 0.3 is 0 Å². The normalized spacial score (nSPS) is 13.2. The molecule has 0 saturated carbocycles. The van der Waals surface area contributed by atoms with Gasteiger partial charge in [-0.15, -0.1) is 0 Å². The third-order valence-corrected chi connectivity index (χ3v) is 13.0. The Hall–Kier alpha value is -7.22. The highest BCUT2D eigenvalue weighted by Gasteiger charge is 2.35. The topological polar surface area (TPSA) is 3.24 Å². The summed E-state index contributed by atoms with van der Waals surface area (Å²) < 4.78 is 0. The van der Waals surface area contributed by atoms with Gasteiger partial charge in [-0.05, 0) is 138 Å². The van der Waals surface area contributed by atoms with E-state index in [9.17, 15) is 0 Å². The molecule has 0 saturated heterocycles. The van der Waals surface area contributed by atoms with Crippen molar-refractivity contribution in [3.8, 4) is 55.6 Å². The number of fused-ring (bicyclic) bond motifs is 9. The van der Waals surface area contributed by atoms with Gasteiger partial charge in [0.05, 0.1) is 0 Å². The van der Waals surface area contributed by atoms with E-state index in [1.165, 1.54) is 89.0 Å². The molecule has 60 heavy (non-hydrogen) atoms. The molecule has 0 heterocycles. The van der Waals surface area contributed by atoms with Crippen molar-refractivity contribution in [1.82, 2.24) is 0 Å². The van der Waals surface area contributed by atoms with Gasteiger partial charge in [0, 0.05) is 22.5 Å². The molecule has 0 unspecified atom stereocenters. The van der Waals surface area contributed by atoms with Crippen LogP contribution in [0, 0.1) is 0 Å². The molecule has 0 amide bonds. The Balaban J connectivity index is 1.00. The summed E-state index contributed by atoms with van der Waals surface area (Å²) in [5.41, 5.74) is 24.3. The molecule has 0 aliphatic heterocycles. The van der Waals surface area contributed by atoms with Crippen LogP contribution in [0.5, 0.6) is 0 Å². The van der Waals surface area contributed by atoms with E-state index >= 15 is 0 Å². The van der Waals surface area contributed by atoms with Gasteiger partial charge in [-0.2, -0.15) is 0 Å². The van der Waals surface area contributed by atoms with Gasteiger partial charge < -0.3 is 4.90 Å². The fourth-order valence-electron chi connectivity index (χ4n) is 9.92. The number of hydrogen-bond donors (Lipinski definition) is 0. The third-order valence-electron chi connectivity index (χ3n) is 13.0. The molecule has 0 bridgehead atoms. The fraction of sp³-hybridized carbons (Fsp3) is 0.0847. The molecule has 0 radical (unpaired) electrons. The highest BCUT2D eigenvalue weighted by Crippen LogP contribution is 2.51. The molecule has 1 nitrogen and oxygen atoms in total. The SMILES string of the molecule is CC1(C)c2ccccc2-c2ccc(N(c3ccc(-c4ccccc4)cc3)c3ccc(-c4ccc5c(c4)Cc4ccccc4-c4ccccc4Cc4ccccc4-5)cc3)cc21. The molecule has 9 aromatic carbocycles. The molecular weight excluding hydrogens is 723 g/mol. The molecule has 0 aromatic heterocycles. The van der Waals surface area contributed by atoms with Gasteiger partial charge in [0.25, 0.3) is 0 Å². The molecule has 9 aromatic rings. The summed E-state index contributed by atoms with van der Waals surface area (Å²) >= 11 is 0. The van der Waals surface area contributed by atoms with Crippen molar-refractivity contribution in [2.75, 3.05) is 4.90 Å². The highest BCUT2D eigenvalue weighted by atomic mass is 15.1. The number of nitrogens with zero attached hydrogens (tertiary/aromatic N) is 1. The average Bonchev–Trinajstić information content (AvgIpc) is 3.53. The molecule has 11 rings (SSSR count). The van der Waals surface area contributed by atoms with Gasteiger partial charge in [-0.25, -0.2) is 0 Å². The van der Waals surface area contributed by atoms with Crippen LogP contribution in [0.3, 0.4) is 0 Å². The maximum Gasteiger partial charge on any atom is 0.0465 e. The number of anilines is 3. The number of rotatable bonds is 5. The minimum atomic E-state index is -0.0957. The van der Waals surface area contributed by atoms with Crippen molar-refractivity contribution < 1.29 is 0 Å². The predicted octanol–water partition coefficient (Wildman–Crippen LogP) is 15.6. The van der Waals surface area contributed by atoms with Crippen LogP contribution >= 0.6 is 0 Å². The summed E-state index contributed by atoms with van der Waals surface area (Å²) in [6.45, 7) is 4.72. The largest absolute Gasteiger partial charge is 0.310 e. The van der Waals surface area contributed by atoms with E-state index in [0.29, 0.717) is 0 Å². The lowest BCUT2D eigenvalue weighted by Crippen LogP contribution is -2.16. The Labute approximate surface area is 353 Å². The molecule has 2 aliphatic carbocycles. The van der Waals surface area contributed by atoms with Crippen LogP contribution in [0.4, 0.5) is 17.1 Å². The zero-order valence-electron chi connectivity index (χ0n) is 34.1. The lowest BCUT2D eigenvalue weighted by molar-refractivity contribution is 0.660. The first-order valence-corrected chi connectivity index (χ1v) is 21.2. The number of benzene rings is 9. The fourth-order valence-corrected chi connectivity index (χ4v) is 9.92. The first-order chi connectivity index (χ1) is 29.5. The molecule has 0 spiro atoms. The van der Waals surface area contributed by atoms with E-state index in [-0.39, 0.29) is 5.41 Å². The lowest BCUT2D eigenvalue weighted by Gasteiger charge is -2.28. The Morgan fingerprint density at radius 3 is 1.30 bits per heavy atom. The molecule has 0 atom stereocenters. The maximum atomic E-state index is 2.44. The van der Waals surface area contributed by atoms with Gasteiger partial charge in [0.15, 0.2) is 0 Å². The van der Waals surface area contributed by atoms with E-state index in [1.807, 2.05) is 0 Å². The van der Waals surface area contributed by atoms with Crippen LogP contribution in [0.2, 0.25) is 0 Å². The van der Waals surface area contributed by atoms with E-state index in [2.05, 4.69) is 231 Å². The summed E-state index contributed by atoms with van der Waals surface area (Å²) in [6, 6.07) is 78.7. The van der Waals surface area contributed by atoms with Crippen LogP contribution in [0.25, 0.3) is 55.6 Å². The van der Waals surface area contributed by atoms with E-state index in [1.54, 1.807) is 0 Å². The molecular formula is C59H45N. The summed E-state index contributed by atoms with van der Waals surface area (Å²) in [6.07, 6.45) is 1.74. The lowest BCUT2D eigenvalue weighted by atomic mass is 9.82. The predicted molar refractivity (Wildman–Crippen MR) is 252 cm³/mol. The summed E-state index contributed by atoms with van der Waals surface area (Å²) in [4.78, 5) is 2.41. The Kier molecular flexibility index (Phi) is 8.71. The van der Waals surface area contributed by atoms with Crippen molar-refractivity contribution in [3.05, 3.63) is 246 Å². The van der Waals surface area contributed by atoms with Crippen LogP contribution in [-0.4, -0.2) is 0 Å². The highest BCUT2D eigenvalue weighted by molar-refractivity contribution is 5.87. The second-order valence-electron chi connectivity index (χ2n) is 16.9. The van der Waals surface area contributed by atoms with Crippen molar-refractivity contribution in [3.63, 3.8) is 0 Å². The van der Waals surface area contributed by atoms with Crippen molar-refractivity contribution in [2.24, 2.45) is 0 Å². The molecule has 286 valence electrons. The Bertz CT molecular complexity index is 3040. The average molecular weight is 768 g/mol. The van der Waals surface area contributed by atoms with Crippen LogP contribution in [0.15, 0.2) is 212 Å². The summed E-state index contributed by atoms with van der Waals surface area (Å²) in [7, 11) is 0. The van der Waals surface area contributed by atoms with E-state index < -0.39 is 0 Å². The van der Waals surface area contributed by atoms with Crippen LogP contribution in [-0.2, 0) is 18.3 Å². The Morgan fingerprint density at radius 1 is 0.300 bits per heavy atom. The monoisotopic (exact) mass is 767 g/mol. The van der Waals surface area contributed by atoms with Gasteiger partial charge in [-0.3, -0.25) is 0 Å². The van der Waals surface area contributed by atoms with Crippen LogP contribution in [0.1, 0.15) is 47.2 Å². The van der Waals surface area contributed by atoms with E-state index in [4.69, 9.17) is 0 Å².